The quantitative estimate of drug-likeness (QED) is 0.244. The van der Waals surface area contributed by atoms with E-state index in [0.29, 0.717) is 11.4 Å². The molecule has 11 nitrogen and oxygen atoms in total. The number of sulfonamides is 1. The molecule has 0 atom stereocenters. The highest BCUT2D eigenvalue weighted by atomic mass is 32.2. The number of amides is 2. The summed E-state index contributed by atoms with van der Waals surface area (Å²) in [6.07, 6.45) is 1.35. The molecule has 1 heterocycles. The number of nitro benzene ring substituents is 1. The SMILES string of the molecule is O=C(NCCNS(=O)(=O)c1cccc([N+](=O)[O-])c1)Nc1ccc(Oc2ccc(F)cc2)nc1. The van der Waals surface area contributed by atoms with Gasteiger partial charge in [0.05, 0.1) is 21.7 Å². The molecule has 2 amide bonds. The van der Waals surface area contributed by atoms with E-state index in [2.05, 4.69) is 20.3 Å². The third-order valence-corrected chi connectivity index (χ3v) is 5.53. The summed E-state index contributed by atoms with van der Waals surface area (Å²) in [6.45, 7) is -0.180. The lowest BCUT2D eigenvalue weighted by Gasteiger charge is -2.10. The van der Waals surface area contributed by atoms with Crippen LogP contribution in [0.15, 0.2) is 71.8 Å². The van der Waals surface area contributed by atoms with E-state index in [9.17, 15) is 27.7 Å². The molecule has 0 aliphatic heterocycles. The fourth-order valence-electron chi connectivity index (χ4n) is 2.52. The van der Waals surface area contributed by atoms with E-state index in [1.165, 1.54) is 60.8 Å². The molecular weight excluding hydrogens is 457 g/mol. The monoisotopic (exact) mass is 475 g/mol. The van der Waals surface area contributed by atoms with Gasteiger partial charge in [0.2, 0.25) is 15.9 Å². The fraction of sp³-hybridized carbons (Fsp3) is 0.100. The lowest BCUT2D eigenvalue weighted by molar-refractivity contribution is -0.385. The molecule has 172 valence electrons. The predicted octanol–water partition coefficient (Wildman–Crippen LogP) is 3.02. The van der Waals surface area contributed by atoms with Gasteiger partial charge in [-0.05, 0) is 36.4 Å². The highest BCUT2D eigenvalue weighted by molar-refractivity contribution is 7.89. The van der Waals surface area contributed by atoms with Gasteiger partial charge in [-0.1, -0.05) is 6.07 Å². The van der Waals surface area contributed by atoms with Crippen LogP contribution in [0.25, 0.3) is 0 Å². The maximum Gasteiger partial charge on any atom is 0.319 e. The number of carbonyl (C=O) groups excluding carboxylic acids is 1. The highest BCUT2D eigenvalue weighted by Crippen LogP contribution is 2.20. The molecule has 0 radical (unpaired) electrons. The van der Waals surface area contributed by atoms with Gasteiger partial charge < -0.3 is 15.4 Å². The minimum atomic E-state index is -3.98. The summed E-state index contributed by atoms with van der Waals surface area (Å²) in [5.74, 6) is 0.246. The maximum absolute atomic E-state index is 12.9. The molecule has 0 aliphatic rings. The van der Waals surface area contributed by atoms with Crippen molar-refractivity contribution in [3.8, 4) is 11.6 Å². The molecule has 0 aliphatic carbocycles. The summed E-state index contributed by atoms with van der Waals surface area (Å²) in [7, 11) is -3.98. The Balaban J connectivity index is 1.44. The molecule has 0 fully saturated rings. The number of hydrogen-bond acceptors (Lipinski definition) is 7. The van der Waals surface area contributed by atoms with E-state index in [0.717, 1.165) is 6.07 Å². The van der Waals surface area contributed by atoms with Gasteiger partial charge >= 0.3 is 6.03 Å². The Morgan fingerprint density at radius 2 is 1.85 bits per heavy atom. The van der Waals surface area contributed by atoms with Crippen molar-refractivity contribution in [2.45, 2.75) is 4.90 Å². The molecule has 0 saturated carbocycles. The standard InChI is InChI=1S/C20H18FN5O6S/c21-14-4-7-17(8-5-14)32-19-9-6-15(13-23-19)25-20(27)22-10-11-24-33(30,31)18-3-1-2-16(12-18)26(28)29/h1-9,12-13,24H,10-11H2,(H2,22,25,27). The number of aromatic nitrogens is 1. The minimum absolute atomic E-state index is 0.0425. The number of halogens is 1. The normalized spacial score (nSPS) is 10.9. The third-order valence-electron chi connectivity index (χ3n) is 4.07. The molecule has 0 bridgehead atoms. The van der Waals surface area contributed by atoms with Gasteiger partial charge in [-0.15, -0.1) is 0 Å². The summed E-state index contributed by atoms with van der Waals surface area (Å²) >= 11 is 0. The average Bonchev–Trinajstić information content (AvgIpc) is 2.80. The number of hydrogen-bond donors (Lipinski definition) is 3. The van der Waals surface area contributed by atoms with Gasteiger partial charge in [0.1, 0.15) is 11.6 Å². The first-order valence-electron chi connectivity index (χ1n) is 9.41. The largest absolute Gasteiger partial charge is 0.439 e. The molecule has 33 heavy (non-hydrogen) atoms. The Kier molecular flexibility index (Phi) is 7.48. The molecule has 0 saturated heterocycles. The van der Waals surface area contributed by atoms with Crippen LogP contribution in [-0.4, -0.2) is 37.4 Å². The van der Waals surface area contributed by atoms with Gasteiger partial charge in [0.15, 0.2) is 0 Å². The van der Waals surface area contributed by atoms with Gasteiger partial charge in [0, 0.05) is 31.3 Å². The number of non-ortho nitro benzene ring substituents is 1. The summed E-state index contributed by atoms with van der Waals surface area (Å²) in [6, 6.07) is 12.5. The lowest BCUT2D eigenvalue weighted by Crippen LogP contribution is -2.36. The van der Waals surface area contributed by atoms with E-state index < -0.39 is 26.8 Å². The lowest BCUT2D eigenvalue weighted by atomic mass is 10.3. The van der Waals surface area contributed by atoms with Crippen molar-refractivity contribution >= 4 is 27.4 Å². The number of nitrogens with zero attached hydrogens (tertiary/aromatic N) is 2. The van der Waals surface area contributed by atoms with Crippen LogP contribution in [0.4, 0.5) is 20.6 Å². The van der Waals surface area contributed by atoms with Crippen LogP contribution in [0, 0.1) is 15.9 Å². The smallest absolute Gasteiger partial charge is 0.319 e. The highest BCUT2D eigenvalue weighted by Gasteiger charge is 2.17. The van der Waals surface area contributed by atoms with Crippen molar-refractivity contribution in [2.24, 2.45) is 0 Å². The van der Waals surface area contributed by atoms with Gasteiger partial charge in [-0.3, -0.25) is 10.1 Å². The van der Waals surface area contributed by atoms with E-state index in [4.69, 9.17) is 4.74 Å². The number of ether oxygens (including phenoxy) is 1. The van der Waals surface area contributed by atoms with Crippen molar-refractivity contribution in [3.63, 3.8) is 0 Å². The van der Waals surface area contributed by atoms with E-state index in [1.54, 1.807) is 0 Å². The summed E-state index contributed by atoms with van der Waals surface area (Å²) in [4.78, 5) is 25.8. The summed E-state index contributed by atoms with van der Waals surface area (Å²) < 4.78 is 45.1. The van der Waals surface area contributed by atoms with E-state index in [1.807, 2.05) is 0 Å². The number of rotatable bonds is 9. The zero-order chi connectivity index (χ0) is 23.8. The number of nitrogens with one attached hydrogen (secondary N) is 3. The number of nitro groups is 1. The van der Waals surface area contributed by atoms with Crippen LogP contribution in [0.1, 0.15) is 0 Å². The van der Waals surface area contributed by atoms with E-state index >= 15 is 0 Å². The molecule has 3 N–H and O–H groups in total. The second kappa shape index (κ2) is 10.5. The summed E-state index contributed by atoms with van der Waals surface area (Å²) in [5.41, 5.74) is 0.00852. The van der Waals surface area contributed by atoms with Gasteiger partial charge in [-0.2, -0.15) is 0 Å². The number of pyridine rings is 1. The van der Waals surface area contributed by atoms with Gasteiger partial charge in [-0.25, -0.2) is 27.3 Å². The van der Waals surface area contributed by atoms with Crippen molar-refractivity contribution in [2.75, 3.05) is 18.4 Å². The molecule has 1 aromatic heterocycles. The molecule has 3 aromatic rings. The van der Waals surface area contributed by atoms with Crippen molar-refractivity contribution in [1.82, 2.24) is 15.0 Å². The fourth-order valence-corrected chi connectivity index (χ4v) is 3.59. The number of anilines is 1. The third kappa shape index (κ3) is 6.95. The Hall–Kier alpha value is -4.10. The van der Waals surface area contributed by atoms with Crippen LogP contribution in [0.3, 0.4) is 0 Å². The topological polar surface area (TPSA) is 153 Å². The predicted molar refractivity (Wildman–Crippen MR) is 116 cm³/mol. The van der Waals surface area contributed by atoms with Crippen molar-refractivity contribution in [1.29, 1.82) is 0 Å². The first-order chi connectivity index (χ1) is 15.7. The van der Waals surface area contributed by atoms with Crippen LogP contribution >= 0.6 is 0 Å². The molecule has 0 spiro atoms. The van der Waals surface area contributed by atoms with Crippen molar-refractivity contribution < 1.29 is 27.3 Å². The summed E-state index contributed by atoms with van der Waals surface area (Å²) in [5, 5.41) is 15.8. The molecule has 2 aromatic carbocycles. The maximum atomic E-state index is 12.9. The molecule has 0 unspecified atom stereocenters. The van der Waals surface area contributed by atoms with E-state index in [-0.39, 0.29) is 29.6 Å². The number of carbonyl (C=O) groups is 1. The first kappa shape index (κ1) is 23.6. The van der Waals surface area contributed by atoms with Crippen LogP contribution in [-0.2, 0) is 10.0 Å². The van der Waals surface area contributed by atoms with Crippen LogP contribution in [0.5, 0.6) is 11.6 Å². The Morgan fingerprint density at radius 1 is 1.09 bits per heavy atom. The molecule has 13 heteroatoms. The number of urea groups is 1. The second-order valence-corrected chi connectivity index (χ2v) is 8.24. The van der Waals surface area contributed by atoms with Crippen LogP contribution < -0.4 is 20.1 Å². The minimum Gasteiger partial charge on any atom is -0.439 e. The second-order valence-electron chi connectivity index (χ2n) is 6.47. The zero-order valence-electron chi connectivity index (χ0n) is 16.9. The Morgan fingerprint density at radius 3 is 2.52 bits per heavy atom. The Labute approximate surface area is 187 Å². The number of benzene rings is 2. The molecule has 3 rings (SSSR count). The van der Waals surface area contributed by atoms with Gasteiger partial charge in [0.25, 0.3) is 5.69 Å². The van der Waals surface area contributed by atoms with Crippen molar-refractivity contribution in [3.05, 3.63) is 82.8 Å². The Bertz CT molecular complexity index is 1240. The zero-order valence-corrected chi connectivity index (χ0v) is 17.7. The molecular formula is C20H18FN5O6S. The average molecular weight is 475 g/mol. The first-order valence-corrected chi connectivity index (χ1v) is 10.9. The van der Waals surface area contributed by atoms with Crippen LogP contribution in [0.2, 0.25) is 0 Å².